The smallest absolute Gasteiger partial charge is 0.241 e. The molecule has 5 rings (SSSR count). The predicted molar refractivity (Wildman–Crippen MR) is 114 cm³/mol. The maximum atomic E-state index is 12.8. The van der Waals surface area contributed by atoms with Crippen LogP contribution in [0.15, 0.2) is 47.0 Å². The van der Waals surface area contributed by atoms with E-state index in [1.54, 1.807) is 6.07 Å². The van der Waals surface area contributed by atoms with E-state index >= 15 is 0 Å². The van der Waals surface area contributed by atoms with Crippen molar-refractivity contribution in [2.24, 2.45) is 5.92 Å². The Balaban J connectivity index is 1.20. The van der Waals surface area contributed by atoms with Gasteiger partial charge in [-0.25, -0.2) is 0 Å². The van der Waals surface area contributed by atoms with Crippen LogP contribution in [0.1, 0.15) is 24.3 Å². The van der Waals surface area contributed by atoms with Crippen LogP contribution in [-0.2, 0) is 11.3 Å². The number of nitrogens with zero attached hydrogens (tertiary/aromatic N) is 3. The number of piperidine rings is 1. The maximum Gasteiger partial charge on any atom is 0.241 e. The van der Waals surface area contributed by atoms with Gasteiger partial charge in [-0.3, -0.25) is 9.69 Å². The molecule has 0 spiro atoms. The molecule has 1 N–H and O–H groups in total. The van der Waals surface area contributed by atoms with Crippen molar-refractivity contribution in [3.63, 3.8) is 0 Å². The highest BCUT2D eigenvalue weighted by Gasteiger charge is 2.27. The molecule has 8 nitrogen and oxygen atoms in total. The average Bonchev–Trinajstić information content (AvgIpc) is 3.43. The summed E-state index contributed by atoms with van der Waals surface area (Å²) in [6, 6.07) is 13.5. The second-order valence-electron chi connectivity index (χ2n) is 8.01. The van der Waals surface area contributed by atoms with Crippen LogP contribution in [0.25, 0.3) is 11.4 Å². The van der Waals surface area contributed by atoms with E-state index in [1.807, 2.05) is 43.3 Å². The lowest BCUT2D eigenvalue weighted by Gasteiger charge is -2.30. The van der Waals surface area contributed by atoms with Crippen LogP contribution in [0.4, 0.5) is 5.69 Å². The molecular formula is C23H24N4O4. The number of likely N-dealkylation sites (tertiary alicyclic amines) is 1. The number of aryl methyl sites for hydroxylation is 1. The van der Waals surface area contributed by atoms with Gasteiger partial charge in [-0.05, 0) is 44.5 Å². The minimum atomic E-state index is -0.0988. The van der Waals surface area contributed by atoms with Crippen LogP contribution >= 0.6 is 0 Å². The first-order valence-corrected chi connectivity index (χ1v) is 10.5. The largest absolute Gasteiger partial charge is 0.454 e. The monoisotopic (exact) mass is 420 g/mol. The number of anilines is 1. The SMILES string of the molecule is Cc1cccc(-c2noc(CN3CCCC(C(=O)Nc4ccc5c(c4)OCO5)C3)n2)c1. The number of fused-ring (bicyclic) bond motifs is 1. The molecule has 0 aliphatic carbocycles. The molecule has 1 atom stereocenters. The zero-order valence-electron chi connectivity index (χ0n) is 17.3. The van der Waals surface area contributed by atoms with E-state index in [-0.39, 0.29) is 18.6 Å². The second-order valence-corrected chi connectivity index (χ2v) is 8.01. The standard InChI is InChI=1S/C23H24N4O4/c1-15-4-2-5-16(10-15)22-25-21(31-26-22)13-27-9-3-6-17(12-27)23(28)24-18-7-8-19-20(11-18)30-14-29-19/h2,4-5,7-8,10-11,17H,3,6,9,12-14H2,1H3,(H,24,28). The molecule has 3 heterocycles. The van der Waals surface area contributed by atoms with Gasteiger partial charge >= 0.3 is 0 Å². The fourth-order valence-corrected chi connectivity index (χ4v) is 4.04. The highest BCUT2D eigenvalue weighted by Crippen LogP contribution is 2.34. The van der Waals surface area contributed by atoms with Crippen molar-refractivity contribution < 1.29 is 18.8 Å². The van der Waals surface area contributed by atoms with Gasteiger partial charge in [0.05, 0.1) is 12.5 Å². The molecule has 2 aromatic carbocycles. The van der Waals surface area contributed by atoms with E-state index in [2.05, 4.69) is 20.4 Å². The van der Waals surface area contributed by atoms with Crippen molar-refractivity contribution in [1.29, 1.82) is 0 Å². The molecule has 2 aliphatic heterocycles. The van der Waals surface area contributed by atoms with Crippen molar-refractivity contribution >= 4 is 11.6 Å². The number of amides is 1. The first kappa shape index (κ1) is 19.6. The van der Waals surface area contributed by atoms with Gasteiger partial charge in [0.2, 0.25) is 24.4 Å². The van der Waals surface area contributed by atoms with Crippen LogP contribution in [0.3, 0.4) is 0 Å². The summed E-state index contributed by atoms with van der Waals surface area (Å²) in [7, 11) is 0. The normalized spacial score (nSPS) is 18.2. The van der Waals surface area contributed by atoms with E-state index in [4.69, 9.17) is 14.0 Å². The van der Waals surface area contributed by atoms with Gasteiger partial charge in [0.1, 0.15) is 0 Å². The highest BCUT2D eigenvalue weighted by molar-refractivity contribution is 5.93. The van der Waals surface area contributed by atoms with Crippen LogP contribution in [-0.4, -0.2) is 40.8 Å². The molecule has 2 aliphatic rings. The molecule has 1 amide bonds. The molecule has 0 saturated carbocycles. The van der Waals surface area contributed by atoms with Crippen LogP contribution in [0.2, 0.25) is 0 Å². The average molecular weight is 420 g/mol. The number of carbonyl (C=O) groups is 1. The lowest BCUT2D eigenvalue weighted by Crippen LogP contribution is -2.40. The molecule has 0 bridgehead atoms. The van der Waals surface area contributed by atoms with Gasteiger partial charge < -0.3 is 19.3 Å². The molecular weight excluding hydrogens is 396 g/mol. The van der Waals surface area contributed by atoms with Crippen LogP contribution in [0.5, 0.6) is 11.5 Å². The number of nitrogens with one attached hydrogen (secondary N) is 1. The first-order valence-electron chi connectivity index (χ1n) is 10.5. The lowest BCUT2D eigenvalue weighted by atomic mass is 9.97. The van der Waals surface area contributed by atoms with E-state index in [1.165, 1.54) is 0 Å². The second kappa shape index (κ2) is 8.39. The number of carbonyl (C=O) groups excluding carboxylic acids is 1. The summed E-state index contributed by atoms with van der Waals surface area (Å²) in [4.78, 5) is 19.6. The molecule has 3 aromatic rings. The molecule has 1 fully saturated rings. The Labute approximate surface area is 180 Å². The molecule has 160 valence electrons. The topological polar surface area (TPSA) is 89.7 Å². The molecule has 1 aromatic heterocycles. The van der Waals surface area contributed by atoms with E-state index in [0.717, 1.165) is 30.5 Å². The van der Waals surface area contributed by atoms with Crippen molar-refractivity contribution in [3.05, 3.63) is 53.9 Å². The predicted octanol–water partition coefficient (Wildman–Crippen LogP) is 3.62. The van der Waals surface area contributed by atoms with Crippen molar-refractivity contribution in [3.8, 4) is 22.9 Å². The minimum Gasteiger partial charge on any atom is -0.454 e. The molecule has 31 heavy (non-hydrogen) atoms. The highest BCUT2D eigenvalue weighted by atomic mass is 16.7. The molecule has 8 heteroatoms. The number of aromatic nitrogens is 2. The Kier molecular flexibility index (Phi) is 5.30. The van der Waals surface area contributed by atoms with Crippen LogP contribution in [0, 0.1) is 12.8 Å². The summed E-state index contributed by atoms with van der Waals surface area (Å²) in [6.45, 7) is 4.33. The quantitative estimate of drug-likeness (QED) is 0.674. The van der Waals surface area contributed by atoms with Gasteiger partial charge in [0, 0.05) is 23.9 Å². The fraction of sp³-hybridized carbons (Fsp3) is 0.348. The van der Waals surface area contributed by atoms with Gasteiger partial charge in [-0.1, -0.05) is 28.9 Å². The summed E-state index contributed by atoms with van der Waals surface area (Å²) in [6.07, 6.45) is 1.80. The Morgan fingerprint density at radius 2 is 2.10 bits per heavy atom. The van der Waals surface area contributed by atoms with Crippen molar-refractivity contribution in [2.75, 3.05) is 25.2 Å². The van der Waals surface area contributed by atoms with E-state index < -0.39 is 0 Å². The third kappa shape index (κ3) is 4.39. The maximum absolute atomic E-state index is 12.8. The van der Waals surface area contributed by atoms with E-state index in [9.17, 15) is 4.79 Å². The number of rotatable bonds is 5. The molecule has 1 unspecified atom stereocenters. The van der Waals surface area contributed by atoms with E-state index in [0.29, 0.717) is 42.0 Å². The Morgan fingerprint density at radius 3 is 3.00 bits per heavy atom. The number of benzene rings is 2. The fourth-order valence-electron chi connectivity index (χ4n) is 4.04. The van der Waals surface area contributed by atoms with Gasteiger partial charge in [0.25, 0.3) is 0 Å². The van der Waals surface area contributed by atoms with Crippen molar-refractivity contribution in [2.45, 2.75) is 26.3 Å². The number of ether oxygens (including phenoxy) is 2. The lowest BCUT2D eigenvalue weighted by molar-refractivity contribution is -0.121. The zero-order chi connectivity index (χ0) is 21.2. The Morgan fingerprint density at radius 1 is 1.19 bits per heavy atom. The Bertz CT molecular complexity index is 1100. The molecule has 0 radical (unpaired) electrons. The third-order valence-corrected chi connectivity index (χ3v) is 5.62. The summed E-state index contributed by atoms with van der Waals surface area (Å²) in [5.74, 6) is 2.42. The zero-order valence-corrected chi connectivity index (χ0v) is 17.3. The van der Waals surface area contributed by atoms with Crippen LogP contribution < -0.4 is 14.8 Å². The first-order chi connectivity index (χ1) is 15.1. The number of hydrogen-bond acceptors (Lipinski definition) is 7. The van der Waals surface area contributed by atoms with Crippen molar-refractivity contribution in [1.82, 2.24) is 15.0 Å². The summed E-state index contributed by atoms with van der Waals surface area (Å²) < 4.78 is 16.2. The summed E-state index contributed by atoms with van der Waals surface area (Å²) in [5, 5.41) is 7.12. The van der Waals surface area contributed by atoms with Gasteiger partial charge in [-0.2, -0.15) is 4.98 Å². The Hall–Kier alpha value is -3.39. The summed E-state index contributed by atoms with van der Waals surface area (Å²) >= 11 is 0. The van der Waals surface area contributed by atoms with Gasteiger partial charge in [-0.15, -0.1) is 0 Å². The number of hydrogen-bond donors (Lipinski definition) is 1. The van der Waals surface area contributed by atoms with Gasteiger partial charge in [0.15, 0.2) is 11.5 Å². The summed E-state index contributed by atoms with van der Waals surface area (Å²) in [5.41, 5.74) is 2.80. The molecule has 1 saturated heterocycles. The third-order valence-electron chi connectivity index (χ3n) is 5.62. The minimum absolute atomic E-state index is 0.00884.